The Morgan fingerprint density at radius 2 is 1.40 bits per heavy atom. The Kier molecular flexibility index (Phi) is 7.52. The lowest BCUT2D eigenvalue weighted by Crippen LogP contribution is -2.19. The molecule has 0 fully saturated rings. The first-order valence-corrected chi connectivity index (χ1v) is 9.64. The van der Waals surface area contributed by atoms with Crippen molar-refractivity contribution in [2.45, 2.75) is 97.8 Å². The minimum absolute atomic E-state index is 0.0573. The lowest BCUT2D eigenvalue weighted by atomic mass is 9.79. The topological polar surface area (TPSA) is 49.3 Å². The number of unbranched alkanes of at least 4 members (excludes halogenated alkanes) is 4. The first kappa shape index (κ1) is 21.5. The van der Waals surface area contributed by atoms with E-state index < -0.39 is 0 Å². The number of nitrogens with one attached hydrogen (secondary N) is 1. The van der Waals surface area contributed by atoms with Gasteiger partial charge in [0.15, 0.2) is 0 Å². The molecule has 0 aromatic heterocycles. The summed E-state index contributed by atoms with van der Waals surface area (Å²) in [6, 6.07) is 3.83. The summed E-state index contributed by atoms with van der Waals surface area (Å²) in [5, 5.41) is 13.8. The first-order valence-electron chi connectivity index (χ1n) is 9.64. The molecule has 142 valence electrons. The predicted molar refractivity (Wildman–Crippen MR) is 108 cm³/mol. The maximum absolute atomic E-state index is 12.3. The zero-order valence-corrected chi connectivity index (χ0v) is 17.3. The van der Waals surface area contributed by atoms with Crippen molar-refractivity contribution in [1.82, 2.24) is 0 Å². The number of phenolic OH excluding ortho intramolecular Hbond substituents is 1. The molecule has 25 heavy (non-hydrogen) atoms. The number of amides is 1. The van der Waals surface area contributed by atoms with Crippen LogP contribution in [-0.4, -0.2) is 11.0 Å². The van der Waals surface area contributed by atoms with Crippen LogP contribution >= 0.6 is 0 Å². The van der Waals surface area contributed by atoms with Gasteiger partial charge in [-0.3, -0.25) is 4.79 Å². The maximum atomic E-state index is 12.3. The van der Waals surface area contributed by atoms with Crippen LogP contribution in [0.4, 0.5) is 5.69 Å². The molecule has 0 bridgehead atoms. The summed E-state index contributed by atoms with van der Waals surface area (Å²) in [6.07, 6.45) is 6.25. The van der Waals surface area contributed by atoms with Crippen molar-refractivity contribution >= 4 is 11.6 Å². The third-order valence-corrected chi connectivity index (χ3v) is 4.52. The number of phenols is 1. The Labute approximate surface area is 154 Å². The largest absolute Gasteiger partial charge is 0.507 e. The second-order valence-electron chi connectivity index (χ2n) is 9.13. The molecule has 0 unspecified atom stereocenters. The summed E-state index contributed by atoms with van der Waals surface area (Å²) in [6.45, 7) is 14.7. The molecule has 0 aliphatic rings. The van der Waals surface area contributed by atoms with Gasteiger partial charge in [-0.15, -0.1) is 0 Å². The fourth-order valence-electron chi connectivity index (χ4n) is 2.96. The summed E-state index contributed by atoms with van der Waals surface area (Å²) in [5.41, 5.74) is 2.15. The van der Waals surface area contributed by atoms with Gasteiger partial charge in [0.25, 0.3) is 0 Å². The van der Waals surface area contributed by atoms with Crippen molar-refractivity contribution in [2.24, 2.45) is 0 Å². The lowest BCUT2D eigenvalue weighted by Gasteiger charge is -2.28. The van der Waals surface area contributed by atoms with Gasteiger partial charge in [0.2, 0.25) is 5.91 Å². The highest BCUT2D eigenvalue weighted by atomic mass is 16.3. The van der Waals surface area contributed by atoms with Crippen molar-refractivity contribution in [1.29, 1.82) is 0 Å². The minimum Gasteiger partial charge on any atom is -0.507 e. The summed E-state index contributed by atoms with van der Waals surface area (Å²) in [7, 11) is 0. The molecule has 0 radical (unpaired) electrons. The van der Waals surface area contributed by atoms with E-state index in [0.717, 1.165) is 29.7 Å². The van der Waals surface area contributed by atoms with Crippen LogP contribution in [0.1, 0.15) is 98.1 Å². The molecule has 1 amide bonds. The van der Waals surface area contributed by atoms with Crippen LogP contribution in [0.25, 0.3) is 0 Å². The molecule has 2 N–H and O–H groups in total. The number of benzene rings is 1. The average molecular weight is 348 g/mol. The van der Waals surface area contributed by atoms with Gasteiger partial charge < -0.3 is 10.4 Å². The third kappa shape index (κ3) is 6.72. The first-order chi connectivity index (χ1) is 11.5. The number of aromatic hydroxyl groups is 1. The van der Waals surface area contributed by atoms with E-state index in [0.29, 0.717) is 12.2 Å². The van der Waals surface area contributed by atoms with Crippen LogP contribution in [0.3, 0.4) is 0 Å². The van der Waals surface area contributed by atoms with Crippen molar-refractivity contribution in [3.8, 4) is 5.75 Å². The number of hydrogen-bond acceptors (Lipinski definition) is 2. The number of anilines is 1. The number of hydrogen-bond donors (Lipinski definition) is 2. The summed E-state index contributed by atoms with van der Waals surface area (Å²) < 4.78 is 0. The SMILES string of the molecule is CCCCCCCC(=O)Nc1cc(C(C)(C)C)c(O)c(C(C)(C)C)c1. The molecular formula is C22H37NO2. The van der Waals surface area contributed by atoms with E-state index in [2.05, 4.69) is 53.8 Å². The quantitative estimate of drug-likeness (QED) is 0.450. The highest BCUT2D eigenvalue weighted by Crippen LogP contribution is 2.41. The van der Waals surface area contributed by atoms with E-state index in [9.17, 15) is 9.90 Å². The molecule has 1 aromatic carbocycles. The molecule has 0 heterocycles. The maximum Gasteiger partial charge on any atom is 0.224 e. The number of carbonyl (C=O) groups excluding carboxylic acids is 1. The van der Waals surface area contributed by atoms with Crippen LogP contribution in [0, 0.1) is 0 Å². The summed E-state index contributed by atoms with van der Waals surface area (Å²) in [5.74, 6) is 0.402. The monoisotopic (exact) mass is 347 g/mol. The summed E-state index contributed by atoms with van der Waals surface area (Å²) in [4.78, 5) is 12.3. The van der Waals surface area contributed by atoms with Crippen molar-refractivity contribution in [3.05, 3.63) is 23.3 Å². The molecule has 0 saturated heterocycles. The molecular weight excluding hydrogens is 310 g/mol. The van der Waals surface area contributed by atoms with Crippen LogP contribution in [0.15, 0.2) is 12.1 Å². The predicted octanol–water partition coefficient (Wildman–Crippen LogP) is 6.29. The minimum atomic E-state index is -0.190. The van der Waals surface area contributed by atoms with Crippen LogP contribution in [0.5, 0.6) is 5.75 Å². The van der Waals surface area contributed by atoms with Crippen molar-refractivity contribution in [2.75, 3.05) is 5.32 Å². The molecule has 0 atom stereocenters. The highest BCUT2D eigenvalue weighted by Gasteiger charge is 2.26. The van der Waals surface area contributed by atoms with Gasteiger partial charge in [-0.2, -0.15) is 0 Å². The molecule has 1 rings (SSSR count). The fraction of sp³-hybridized carbons (Fsp3) is 0.682. The smallest absolute Gasteiger partial charge is 0.224 e. The summed E-state index contributed by atoms with van der Waals surface area (Å²) >= 11 is 0. The molecule has 1 aromatic rings. The molecule has 0 aliphatic carbocycles. The number of carbonyl (C=O) groups is 1. The van der Waals surface area contributed by atoms with Crippen molar-refractivity contribution in [3.63, 3.8) is 0 Å². The Hall–Kier alpha value is -1.51. The normalized spacial score (nSPS) is 12.3. The van der Waals surface area contributed by atoms with E-state index in [4.69, 9.17) is 0 Å². The molecule has 0 spiro atoms. The Balaban J connectivity index is 2.94. The van der Waals surface area contributed by atoms with Crippen LogP contribution < -0.4 is 5.32 Å². The molecule has 0 saturated carbocycles. The highest BCUT2D eigenvalue weighted by molar-refractivity contribution is 5.91. The third-order valence-electron chi connectivity index (χ3n) is 4.52. The second-order valence-corrected chi connectivity index (χ2v) is 9.13. The molecule has 0 aliphatic heterocycles. The van der Waals surface area contributed by atoms with Gasteiger partial charge in [-0.05, 0) is 29.4 Å². The van der Waals surface area contributed by atoms with Crippen LogP contribution in [-0.2, 0) is 15.6 Å². The standard InChI is InChI=1S/C22H37NO2/c1-8-9-10-11-12-13-19(24)23-16-14-17(21(2,3)4)20(25)18(15-16)22(5,6)7/h14-15,25H,8-13H2,1-7H3,(H,23,24). The fourth-order valence-corrected chi connectivity index (χ4v) is 2.96. The van der Waals surface area contributed by atoms with E-state index in [-0.39, 0.29) is 16.7 Å². The average Bonchev–Trinajstić information content (AvgIpc) is 2.46. The van der Waals surface area contributed by atoms with Gasteiger partial charge >= 0.3 is 0 Å². The zero-order valence-electron chi connectivity index (χ0n) is 17.3. The Morgan fingerprint density at radius 1 is 0.920 bits per heavy atom. The molecule has 3 nitrogen and oxygen atoms in total. The van der Waals surface area contributed by atoms with Crippen molar-refractivity contribution < 1.29 is 9.90 Å². The van der Waals surface area contributed by atoms with Gasteiger partial charge in [-0.25, -0.2) is 0 Å². The Morgan fingerprint density at radius 3 is 1.84 bits per heavy atom. The van der Waals surface area contributed by atoms with Gasteiger partial charge in [-0.1, -0.05) is 74.1 Å². The van der Waals surface area contributed by atoms with Gasteiger partial charge in [0, 0.05) is 23.2 Å². The van der Waals surface area contributed by atoms with Gasteiger partial charge in [0.1, 0.15) is 5.75 Å². The molecule has 3 heteroatoms. The van der Waals surface area contributed by atoms with E-state index in [1.54, 1.807) is 0 Å². The number of rotatable bonds is 7. The Bertz CT molecular complexity index is 542. The van der Waals surface area contributed by atoms with Crippen LogP contribution in [0.2, 0.25) is 0 Å². The lowest BCUT2D eigenvalue weighted by molar-refractivity contribution is -0.116. The zero-order chi connectivity index (χ0) is 19.3. The second kappa shape index (κ2) is 8.73. The van der Waals surface area contributed by atoms with E-state index in [1.165, 1.54) is 19.3 Å². The van der Waals surface area contributed by atoms with E-state index in [1.807, 2.05) is 12.1 Å². The van der Waals surface area contributed by atoms with Gasteiger partial charge in [0.05, 0.1) is 0 Å². The van der Waals surface area contributed by atoms with E-state index >= 15 is 0 Å².